The number of carbonyl (C=O) groups is 1. The van der Waals surface area contributed by atoms with Crippen LogP contribution >= 0.6 is 28.1 Å². The van der Waals surface area contributed by atoms with E-state index in [0.29, 0.717) is 15.7 Å². The Morgan fingerprint density at radius 2 is 2.05 bits per heavy atom. The standard InChI is InChI=1S/C15H12BrFN2OS/c1-8-3-2-4-12(13(8)14(18)21)19-15(20)9-5-6-10(16)11(17)7-9/h2-7H,1H3,(H2,18,21)(H,19,20). The van der Waals surface area contributed by atoms with E-state index in [4.69, 9.17) is 18.0 Å². The van der Waals surface area contributed by atoms with Crippen molar-refractivity contribution >= 4 is 44.7 Å². The third kappa shape index (κ3) is 3.46. The van der Waals surface area contributed by atoms with E-state index in [1.165, 1.54) is 12.1 Å². The molecule has 0 aliphatic carbocycles. The van der Waals surface area contributed by atoms with Crippen molar-refractivity contribution < 1.29 is 9.18 Å². The number of nitrogens with two attached hydrogens (primary N) is 1. The van der Waals surface area contributed by atoms with E-state index >= 15 is 0 Å². The highest BCUT2D eigenvalue weighted by molar-refractivity contribution is 9.10. The van der Waals surface area contributed by atoms with Gasteiger partial charge in [-0.1, -0.05) is 24.4 Å². The largest absolute Gasteiger partial charge is 0.389 e. The van der Waals surface area contributed by atoms with Gasteiger partial charge in [-0.2, -0.15) is 0 Å². The van der Waals surface area contributed by atoms with Crippen LogP contribution in [0.4, 0.5) is 10.1 Å². The summed E-state index contributed by atoms with van der Waals surface area (Å²) in [5.41, 5.74) is 7.88. The molecule has 0 unspecified atom stereocenters. The van der Waals surface area contributed by atoms with Gasteiger partial charge in [0.2, 0.25) is 0 Å². The molecule has 0 heterocycles. The molecule has 0 radical (unpaired) electrons. The quantitative estimate of drug-likeness (QED) is 0.812. The normalized spacial score (nSPS) is 10.2. The van der Waals surface area contributed by atoms with Crippen LogP contribution in [0.5, 0.6) is 0 Å². The summed E-state index contributed by atoms with van der Waals surface area (Å²) in [4.78, 5) is 12.4. The number of benzene rings is 2. The van der Waals surface area contributed by atoms with Crippen LogP contribution in [-0.4, -0.2) is 10.9 Å². The zero-order valence-electron chi connectivity index (χ0n) is 11.1. The van der Waals surface area contributed by atoms with E-state index in [-0.39, 0.29) is 10.6 Å². The van der Waals surface area contributed by atoms with Gasteiger partial charge in [0.05, 0.1) is 10.2 Å². The number of hydrogen-bond donors (Lipinski definition) is 2. The van der Waals surface area contributed by atoms with Crippen molar-refractivity contribution in [3.8, 4) is 0 Å². The fraction of sp³-hybridized carbons (Fsp3) is 0.0667. The molecule has 2 rings (SSSR count). The van der Waals surface area contributed by atoms with Gasteiger partial charge in [-0.15, -0.1) is 0 Å². The van der Waals surface area contributed by atoms with E-state index < -0.39 is 11.7 Å². The van der Waals surface area contributed by atoms with E-state index in [1.807, 2.05) is 13.0 Å². The molecule has 21 heavy (non-hydrogen) atoms. The second-order valence-corrected chi connectivity index (χ2v) is 5.74. The topological polar surface area (TPSA) is 55.1 Å². The summed E-state index contributed by atoms with van der Waals surface area (Å²) < 4.78 is 13.8. The lowest BCUT2D eigenvalue weighted by atomic mass is 10.1. The number of nitrogens with one attached hydrogen (secondary N) is 1. The summed E-state index contributed by atoms with van der Waals surface area (Å²) in [6, 6.07) is 9.51. The second-order valence-electron chi connectivity index (χ2n) is 4.44. The van der Waals surface area contributed by atoms with Gasteiger partial charge in [-0.3, -0.25) is 4.79 Å². The van der Waals surface area contributed by atoms with Gasteiger partial charge in [0.15, 0.2) is 0 Å². The fourth-order valence-corrected chi connectivity index (χ4v) is 2.45. The van der Waals surface area contributed by atoms with Crippen LogP contribution in [0.3, 0.4) is 0 Å². The molecule has 0 bridgehead atoms. The van der Waals surface area contributed by atoms with Gasteiger partial charge < -0.3 is 11.1 Å². The van der Waals surface area contributed by atoms with Gasteiger partial charge in [-0.05, 0) is 52.7 Å². The molecule has 1 amide bonds. The molecule has 0 aliphatic rings. The number of carbonyl (C=O) groups excluding carboxylic acids is 1. The molecule has 0 spiro atoms. The summed E-state index contributed by atoms with van der Waals surface area (Å²) in [7, 11) is 0. The highest BCUT2D eigenvalue weighted by Gasteiger charge is 2.13. The number of halogens is 2. The third-order valence-corrected chi connectivity index (χ3v) is 3.80. The number of rotatable bonds is 3. The second kappa shape index (κ2) is 6.32. The summed E-state index contributed by atoms with van der Waals surface area (Å²) >= 11 is 8.05. The maximum Gasteiger partial charge on any atom is 0.255 e. The van der Waals surface area contributed by atoms with Crippen LogP contribution in [-0.2, 0) is 0 Å². The van der Waals surface area contributed by atoms with Crippen LogP contribution in [0, 0.1) is 12.7 Å². The maximum absolute atomic E-state index is 13.5. The molecule has 0 saturated heterocycles. The molecule has 3 nitrogen and oxygen atoms in total. The Morgan fingerprint density at radius 3 is 2.67 bits per heavy atom. The van der Waals surface area contributed by atoms with Gasteiger partial charge in [0.1, 0.15) is 10.8 Å². The first kappa shape index (κ1) is 15.6. The van der Waals surface area contributed by atoms with E-state index in [2.05, 4.69) is 21.2 Å². The van der Waals surface area contributed by atoms with Crippen LogP contribution in [0.1, 0.15) is 21.5 Å². The first-order valence-electron chi connectivity index (χ1n) is 6.06. The average molecular weight is 367 g/mol. The number of amides is 1. The maximum atomic E-state index is 13.5. The monoisotopic (exact) mass is 366 g/mol. The fourth-order valence-electron chi connectivity index (χ4n) is 1.93. The summed E-state index contributed by atoms with van der Waals surface area (Å²) in [6.45, 7) is 1.85. The lowest BCUT2D eigenvalue weighted by Gasteiger charge is -2.12. The molecule has 0 atom stereocenters. The summed E-state index contributed by atoms with van der Waals surface area (Å²) in [5, 5.41) is 2.71. The molecule has 108 valence electrons. The van der Waals surface area contributed by atoms with Crippen molar-refractivity contribution in [2.75, 3.05) is 5.32 Å². The van der Waals surface area contributed by atoms with Gasteiger partial charge in [0, 0.05) is 11.1 Å². The number of aryl methyl sites for hydroxylation is 1. The average Bonchev–Trinajstić information content (AvgIpc) is 2.41. The number of anilines is 1. The molecule has 6 heteroatoms. The highest BCUT2D eigenvalue weighted by atomic mass is 79.9. The van der Waals surface area contributed by atoms with Crippen LogP contribution < -0.4 is 11.1 Å². The highest BCUT2D eigenvalue weighted by Crippen LogP contribution is 2.21. The summed E-state index contributed by atoms with van der Waals surface area (Å²) in [5.74, 6) is -0.925. The van der Waals surface area contributed by atoms with Crippen molar-refractivity contribution in [3.05, 3.63) is 63.4 Å². The van der Waals surface area contributed by atoms with E-state index in [9.17, 15) is 9.18 Å². The zero-order chi connectivity index (χ0) is 15.6. The van der Waals surface area contributed by atoms with Crippen molar-refractivity contribution in [3.63, 3.8) is 0 Å². The van der Waals surface area contributed by atoms with E-state index in [1.54, 1.807) is 12.1 Å². The van der Waals surface area contributed by atoms with Crippen LogP contribution in [0.15, 0.2) is 40.9 Å². The van der Waals surface area contributed by atoms with Gasteiger partial charge >= 0.3 is 0 Å². The minimum Gasteiger partial charge on any atom is -0.389 e. The first-order valence-corrected chi connectivity index (χ1v) is 7.26. The Bertz CT molecular complexity index is 734. The molecule has 2 aromatic rings. The lowest BCUT2D eigenvalue weighted by molar-refractivity contribution is 0.102. The van der Waals surface area contributed by atoms with Crippen molar-refractivity contribution in [1.29, 1.82) is 0 Å². The molecule has 0 saturated carbocycles. The Morgan fingerprint density at radius 1 is 1.33 bits per heavy atom. The molecule has 0 aromatic heterocycles. The van der Waals surface area contributed by atoms with Crippen LogP contribution in [0.2, 0.25) is 0 Å². The molecule has 0 fully saturated rings. The Balaban J connectivity index is 2.34. The predicted molar refractivity (Wildman–Crippen MR) is 89.1 cm³/mol. The van der Waals surface area contributed by atoms with Gasteiger partial charge in [-0.25, -0.2) is 4.39 Å². The third-order valence-electron chi connectivity index (χ3n) is 2.95. The minimum absolute atomic E-state index is 0.199. The Labute approximate surface area is 135 Å². The SMILES string of the molecule is Cc1cccc(NC(=O)c2ccc(Br)c(F)c2)c1C(N)=S. The minimum atomic E-state index is -0.499. The Kier molecular flexibility index (Phi) is 4.69. The molecule has 0 aliphatic heterocycles. The van der Waals surface area contributed by atoms with Crippen molar-refractivity contribution in [1.82, 2.24) is 0 Å². The van der Waals surface area contributed by atoms with E-state index in [0.717, 1.165) is 11.6 Å². The predicted octanol–water partition coefficient (Wildman–Crippen LogP) is 3.78. The molecular weight excluding hydrogens is 355 g/mol. The molecule has 3 N–H and O–H groups in total. The number of hydrogen-bond acceptors (Lipinski definition) is 2. The molecule has 2 aromatic carbocycles. The lowest BCUT2D eigenvalue weighted by Crippen LogP contribution is -2.18. The number of thiocarbonyl (C=S) groups is 1. The van der Waals surface area contributed by atoms with Crippen molar-refractivity contribution in [2.45, 2.75) is 6.92 Å². The van der Waals surface area contributed by atoms with Crippen molar-refractivity contribution in [2.24, 2.45) is 5.73 Å². The smallest absolute Gasteiger partial charge is 0.255 e. The first-order chi connectivity index (χ1) is 9.90. The zero-order valence-corrected chi connectivity index (χ0v) is 13.5. The summed E-state index contributed by atoms with van der Waals surface area (Å²) in [6.07, 6.45) is 0. The Hall–Kier alpha value is -1.79. The van der Waals surface area contributed by atoms with Gasteiger partial charge in [0.25, 0.3) is 5.91 Å². The van der Waals surface area contributed by atoms with Crippen LogP contribution in [0.25, 0.3) is 0 Å². The molecular formula is C15H12BrFN2OS.